The molecule has 0 aromatic heterocycles. The van der Waals surface area contributed by atoms with Gasteiger partial charge < -0.3 is 9.47 Å². The van der Waals surface area contributed by atoms with E-state index in [9.17, 15) is 0 Å². The lowest BCUT2D eigenvalue weighted by Crippen LogP contribution is -2.29. The highest BCUT2D eigenvalue weighted by molar-refractivity contribution is 4.95. The van der Waals surface area contributed by atoms with Gasteiger partial charge in [0.1, 0.15) is 0 Å². The third-order valence-corrected chi connectivity index (χ3v) is 3.52. The van der Waals surface area contributed by atoms with Crippen LogP contribution < -0.4 is 0 Å². The molecule has 0 saturated carbocycles. The molecule has 2 aliphatic rings. The maximum absolute atomic E-state index is 5.83. The van der Waals surface area contributed by atoms with Gasteiger partial charge in [-0.05, 0) is 32.6 Å². The van der Waals surface area contributed by atoms with Crippen LogP contribution in [0.4, 0.5) is 0 Å². The molecule has 80 valence electrons. The highest BCUT2D eigenvalue weighted by atomic mass is 16.7. The van der Waals surface area contributed by atoms with Gasteiger partial charge in [0.15, 0.2) is 6.29 Å². The first-order valence-corrected chi connectivity index (χ1v) is 5.64. The fourth-order valence-corrected chi connectivity index (χ4v) is 2.23. The summed E-state index contributed by atoms with van der Waals surface area (Å²) >= 11 is 0. The lowest BCUT2D eigenvalue weighted by molar-refractivity contribution is -0.114. The van der Waals surface area contributed by atoms with E-state index in [2.05, 4.69) is 32.9 Å². The standard InChI is InChI=1S/C12H20O2/c1-8-6-4-5-7-11(8)12-13-9(2)10(3)14-12/h4-5,8-12H,6-7H2,1-3H3/t8-,9-,10+,11+,12?/m1/s1. The van der Waals surface area contributed by atoms with E-state index in [1.165, 1.54) is 0 Å². The molecule has 1 aliphatic carbocycles. The first kappa shape index (κ1) is 10.2. The summed E-state index contributed by atoms with van der Waals surface area (Å²) in [6, 6.07) is 0. The van der Waals surface area contributed by atoms with Crippen molar-refractivity contribution < 1.29 is 9.47 Å². The van der Waals surface area contributed by atoms with Crippen LogP contribution in [0.2, 0.25) is 0 Å². The van der Waals surface area contributed by atoms with Crippen molar-refractivity contribution in [2.24, 2.45) is 11.8 Å². The van der Waals surface area contributed by atoms with Crippen molar-refractivity contribution >= 4 is 0 Å². The molecule has 14 heavy (non-hydrogen) atoms. The lowest BCUT2D eigenvalue weighted by atomic mass is 9.84. The highest BCUT2D eigenvalue weighted by Crippen LogP contribution is 2.34. The van der Waals surface area contributed by atoms with Crippen LogP contribution in [-0.4, -0.2) is 18.5 Å². The molecule has 2 nitrogen and oxygen atoms in total. The van der Waals surface area contributed by atoms with Gasteiger partial charge in [-0.2, -0.15) is 0 Å². The highest BCUT2D eigenvalue weighted by Gasteiger charge is 2.37. The van der Waals surface area contributed by atoms with Crippen molar-refractivity contribution in [3.05, 3.63) is 12.2 Å². The summed E-state index contributed by atoms with van der Waals surface area (Å²) in [6.45, 7) is 6.47. The van der Waals surface area contributed by atoms with Gasteiger partial charge >= 0.3 is 0 Å². The zero-order valence-corrected chi connectivity index (χ0v) is 9.27. The van der Waals surface area contributed by atoms with Crippen LogP contribution in [0.15, 0.2) is 12.2 Å². The number of hydrogen-bond donors (Lipinski definition) is 0. The summed E-state index contributed by atoms with van der Waals surface area (Å²) in [4.78, 5) is 0. The second-order valence-electron chi connectivity index (χ2n) is 4.63. The monoisotopic (exact) mass is 196 g/mol. The average molecular weight is 196 g/mol. The summed E-state index contributed by atoms with van der Waals surface area (Å²) in [6.07, 6.45) is 7.31. The van der Waals surface area contributed by atoms with Gasteiger partial charge in [-0.15, -0.1) is 0 Å². The van der Waals surface area contributed by atoms with E-state index >= 15 is 0 Å². The molecule has 0 aromatic rings. The molecule has 0 amide bonds. The molecule has 0 bridgehead atoms. The van der Waals surface area contributed by atoms with Crippen molar-refractivity contribution in [2.45, 2.75) is 52.1 Å². The number of allylic oxidation sites excluding steroid dienone is 2. The molecule has 2 rings (SSSR count). The largest absolute Gasteiger partial charge is 0.347 e. The molecule has 0 aromatic carbocycles. The van der Waals surface area contributed by atoms with Gasteiger partial charge in [0.25, 0.3) is 0 Å². The second-order valence-corrected chi connectivity index (χ2v) is 4.63. The van der Waals surface area contributed by atoms with Crippen LogP contribution >= 0.6 is 0 Å². The predicted octanol–water partition coefficient (Wildman–Crippen LogP) is 2.74. The van der Waals surface area contributed by atoms with Gasteiger partial charge in [-0.1, -0.05) is 19.1 Å². The van der Waals surface area contributed by atoms with Crippen LogP contribution in [0.25, 0.3) is 0 Å². The third kappa shape index (κ3) is 1.86. The second kappa shape index (κ2) is 4.03. The zero-order chi connectivity index (χ0) is 10.1. The Hall–Kier alpha value is -0.340. The fraction of sp³-hybridized carbons (Fsp3) is 0.833. The molecule has 1 fully saturated rings. The maximum Gasteiger partial charge on any atom is 0.161 e. The summed E-state index contributed by atoms with van der Waals surface area (Å²) < 4.78 is 11.7. The van der Waals surface area contributed by atoms with E-state index in [1.54, 1.807) is 0 Å². The minimum absolute atomic E-state index is 0.0277. The maximum atomic E-state index is 5.83. The molecule has 2 heteroatoms. The van der Waals surface area contributed by atoms with Crippen molar-refractivity contribution in [1.82, 2.24) is 0 Å². The Kier molecular flexibility index (Phi) is 2.93. The molecule has 0 N–H and O–H groups in total. The summed E-state index contributed by atoms with van der Waals surface area (Å²) in [5.41, 5.74) is 0. The number of ether oxygens (including phenoxy) is 2. The number of hydrogen-bond acceptors (Lipinski definition) is 2. The van der Waals surface area contributed by atoms with Crippen LogP contribution in [0.5, 0.6) is 0 Å². The van der Waals surface area contributed by atoms with E-state index in [0.717, 1.165) is 12.8 Å². The molecule has 1 saturated heterocycles. The van der Waals surface area contributed by atoms with Crippen molar-refractivity contribution in [3.63, 3.8) is 0 Å². The van der Waals surface area contributed by atoms with Gasteiger partial charge in [-0.3, -0.25) is 0 Å². The number of rotatable bonds is 1. The zero-order valence-electron chi connectivity index (χ0n) is 9.27. The normalized spacial score (nSPS) is 48.4. The van der Waals surface area contributed by atoms with Crippen LogP contribution in [0.3, 0.4) is 0 Å². The molecule has 1 unspecified atom stereocenters. The first-order chi connectivity index (χ1) is 6.68. The molecule has 5 atom stereocenters. The lowest BCUT2D eigenvalue weighted by Gasteiger charge is -2.29. The Balaban J connectivity index is 1.98. The van der Waals surface area contributed by atoms with Crippen molar-refractivity contribution in [3.8, 4) is 0 Å². The van der Waals surface area contributed by atoms with Crippen molar-refractivity contribution in [2.75, 3.05) is 0 Å². The molecular weight excluding hydrogens is 176 g/mol. The molecule has 1 heterocycles. The summed E-state index contributed by atoms with van der Waals surface area (Å²) in [7, 11) is 0. The van der Waals surface area contributed by atoms with Crippen LogP contribution in [-0.2, 0) is 9.47 Å². The minimum Gasteiger partial charge on any atom is -0.347 e. The minimum atomic E-state index is 0.0277. The Morgan fingerprint density at radius 1 is 0.929 bits per heavy atom. The van der Waals surface area contributed by atoms with Crippen molar-refractivity contribution in [1.29, 1.82) is 0 Å². The average Bonchev–Trinajstić information content (AvgIpc) is 2.48. The molecule has 0 radical (unpaired) electrons. The quantitative estimate of drug-likeness (QED) is 0.600. The Morgan fingerprint density at radius 2 is 1.50 bits per heavy atom. The Bertz CT molecular complexity index is 214. The van der Waals surface area contributed by atoms with E-state index < -0.39 is 0 Å². The predicted molar refractivity (Wildman–Crippen MR) is 55.9 cm³/mol. The van der Waals surface area contributed by atoms with E-state index in [0.29, 0.717) is 11.8 Å². The SMILES string of the molecule is C[C@@H]1CC=CC[C@@H]1C1O[C@@H](C)[C@@H](C)O1. The smallest absolute Gasteiger partial charge is 0.161 e. The topological polar surface area (TPSA) is 18.5 Å². The summed E-state index contributed by atoms with van der Waals surface area (Å²) in [5.74, 6) is 1.23. The molecule has 1 aliphatic heterocycles. The van der Waals surface area contributed by atoms with E-state index in [1.807, 2.05) is 0 Å². The van der Waals surface area contributed by atoms with Crippen LogP contribution in [0.1, 0.15) is 33.6 Å². The summed E-state index contributed by atoms with van der Waals surface area (Å²) in [5, 5.41) is 0. The van der Waals surface area contributed by atoms with E-state index in [4.69, 9.17) is 9.47 Å². The van der Waals surface area contributed by atoms with Crippen LogP contribution in [0, 0.1) is 11.8 Å². The Labute approximate surface area is 86.3 Å². The van der Waals surface area contributed by atoms with E-state index in [-0.39, 0.29) is 18.5 Å². The van der Waals surface area contributed by atoms with Gasteiger partial charge in [0.05, 0.1) is 12.2 Å². The first-order valence-electron chi connectivity index (χ1n) is 5.64. The molecular formula is C12H20O2. The third-order valence-electron chi connectivity index (χ3n) is 3.52. The fourth-order valence-electron chi connectivity index (χ4n) is 2.23. The Morgan fingerprint density at radius 3 is 2.07 bits per heavy atom. The molecule has 0 spiro atoms. The van der Waals surface area contributed by atoms with Gasteiger partial charge in [-0.25, -0.2) is 0 Å². The van der Waals surface area contributed by atoms with Gasteiger partial charge in [0.2, 0.25) is 0 Å². The van der Waals surface area contributed by atoms with Gasteiger partial charge in [0, 0.05) is 5.92 Å².